The summed E-state index contributed by atoms with van der Waals surface area (Å²) in [6.45, 7) is 6.08. The zero-order chi connectivity index (χ0) is 17.1. The minimum atomic E-state index is 0.124. The van der Waals surface area contributed by atoms with Crippen LogP contribution >= 0.6 is 0 Å². The molecule has 128 valence electrons. The van der Waals surface area contributed by atoms with Crippen LogP contribution in [0.2, 0.25) is 0 Å². The lowest BCUT2D eigenvalue weighted by Gasteiger charge is -2.34. The normalized spacial score (nSPS) is 20.9. The second kappa shape index (κ2) is 7.07. The molecule has 2 atom stereocenters. The summed E-state index contributed by atoms with van der Waals surface area (Å²) in [5, 5.41) is 4.06. The molecular weight excluding hydrogens is 304 g/mol. The molecular formula is C19H24N2O3. The monoisotopic (exact) mass is 328 g/mol. The van der Waals surface area contributed by atoms with Crippen LogP contribution in [0.3, 0.4) is 0 Å². The molecule has 1 saturated heterocycles. The van der Waals surface area contributed by atoms with Gasteiger partial charge in [-0.1, -0.05) is 31.1 Å². The highest BCUT2D eigenvalue weighted by atomic mass is 16.5. The lowest BCUT2D eigenvalue weighted by Crippen LogP contribution is -2.43. The third kappa shape index (κ3) is 3.78. The van der Waals surface area contributed by atoms with Gasteiger partial charge in [-0.15, -0.1) is 0 Å². The fourth-order valence-electron chi connectivity index (χ4n) is 3.44. The van der Waals surface area contributed by atoms with Gasteiger partial charge in [-0.05, 0) is 30.4 Å². The third-order valence-corrected chi connectivity index (χ3v) is 4.47. The van der Waals surface area contributed by atoms with E-state index in [1.165, 1.54) is 6.42 Å². The Morgan fingerprint density at radius 2 is 2.04 bits per heavy atom. The fourth-order valence-corrected chi connectivity index (χ4v) is 3.44. The summed E-state index contributed by atoms with van der Waals surface area (Å²) < 4.78 is 10.6. The van der Waals surface area contributed by atoms with Crippen LogP contribution in [0.1, 0.15) is 26.0 Å². The van der Waals surface area contributed by atoms with Crippen LogP contribution in [0.25, 0.3) is 11.3 Å². The standard InChI is InChI=1S/C19H24N2O3/c1-13-7-14(2)12-21(11-13)19(22)10-16-9-18(24-20-16)15-5-4-6-17(8-15)23-3/h4-6,8-9,13-14H,7,10-12H2,1-3H3. The third-order valence-electron chi connectivity index (χ3n) is 4.47. The number of hydrogen-bond donors (Lipinski definition) is 0. The molecule has 0 bridgehead atoms. The van der Waals surface area contributed by atoms with Crippen molar-refractivity contribution in [2.24, 2.45) is 11.8 Å². The van der Waals surface area contributed by atoms with Crippen LogP contribution in [0.15, 0.2) is 34.9 Å². The number of piperidine rings is 1. The van der Waals surface area contributed by atoms with Crippen LogP contribution in [0.4, 0.5) is 0 Å². The van der Waals surface area contributed by atoms with Gasteiger partial charge in [0.1, 0.15) is 5.75 Å². The molecule has 3 rings (SSSR count). The van der Waals surface area contributed by atoms with Gasteiger partial charge in [0.25, 0.3) is 0 Å². The Morgan fingerprint density at radius 1 is 1.29 bits per heavy atom. The Bertz CT molecular complexity index is 700. The number of benzene rings is 1. The first-order chi connectivity index (χ1) is 11.5. The van der Waals surface area contributed by atoms with Crippen molar-refractivity contribution >= 4 is 5.91 Å². The number of aromatic nitrogens is 1. The number of carbonyl (C=O) groups is 1. The summed E-state index contributed by atoms with van der Waals surface area (Å²) in [5.41, 5.74) is 1.56. The number of likely N-dealkylation sites (tertiary alicyclic amines) is 1. The molecule has 5 nitrogen and oxygen atoms in total. The summed E-state index contributed by atoms with van der Waals surface area (Å²) in [4.78, 5) is 14.5. The van der Waals surface area contributed by atoms with Gasteiger partial charge >= 0.3 is 0 Å². The number of methoxy groups -OCH3 is 1. The molecule has 1 aromatic carbocycles. The Hall–Kier alpha value is -2.30. The topological polar surface area (TPSA) is 55.6 Å². The van der Waals surface area contributed by atoms with Gasteiger partial charge in [-0.3, -0.25) is 4.79 Å². The second-order valence-electron chi connectivity index (χ2n) is 6.84. The van der Waals surface area contributed by atoms with Gasteiger partial charge in [0.2, 0.25) is 5.91 Å². The predicted octanol–water partition coefficient (Wildman–Crippen LogP) is 3.40. The van der Waals surface area contributed by atoms with Gasteiger partial charge in [0.05, 0.1) is 19.2 Å². The molecule has 2 aromatic rings. The van der Waals surface area contributed by atoms with Crippen molar-refractivity contribution in [1.29, 1.82) is 0 Å². The number of ether oxygens (including phenoxy) is 1. The summed E-state index contributed by atoms with van der Waals surface area (Å²) in [6, 6.07) is 9.44. The van der Waals surface area contributed by atoms with Gasteiger partial charge in [0, 0.05) is 24.7 Å². The number of amides is 1. The molecule has 0 saturated carbocycles. The number of carbonyl (C=O) groups excluding carboxylic acids is 1. The smallest absolute Gasteiger partial charge is 0.228 e. The maximum absolute atomic E-state index is 12.5. The van der Waals surface area contributed by atoms with Crippen molar-refractivity contribution in [3.63, 3.8) is 0 Å². The molecule has 2 unspecified atom stereocenters. The van der Waals surface area contributed by atoms with Crippen molar-refractivity contribution in [3.05, 3.63) is 36.0 Å². The molecule has 2 heterocycles. The van der Waals surface area contributed by atoms with E-state index in [1.54, 1.807) is 7.11 Å². The summed E-state index contributed by atoms with van der Waals surface area (Å²) in [5.74, 6) is 2.65. The zero-order valence-electron chi connectivity index (χ0n) is 14.5. The quantitative estimate of drug-likeness (QED) is 0.863. The van der Waals surface area contributed by atoms with Crippen molar-refractivity contribution in [2.45, 2.75) is 26.7 Å². The second-order valence-corrected chi connectivity index (χ2v) is 6.84. The maximum atomic E-state index is 12.5. The molecule has 1 aromatic heterocycles. The van der Waals surface area contributed by atoms with E-state index in [1.807, 2.05) is 35.2 Å². The highest BCUT2D eigenvalue weighted by Gasteiger charge is 2.26. The van der Waals surface area contributed by atoms with E-state index in [-0.39, 0.29) is 12.3 Å². The highest BCUT2D eigenvalue weighted by molar-refractivity contribution is 5.78. The van der Waals surface area contributed by atoms with Gasteiger partial charge < -0.3 is 14.2 Å². The predicted molar refractivity (Wildman–Crippen MR) is 91.7 cm³/mol. The Labute approximate surface area is 142 Å². The van der Waals surface area contributed by atoms with Crippen molar-refractivity contribution in [1.82, 2.24) is 10.1 Å². The van der Waals surface area contributed by atoms with E-state index in [9.17, 15) is 4.79 Å². The lowest BCUT2D eigenvalue weighted by molar-refractivity contribution is -0.133. The minimum absolute atomic E-state index is 0.124. The molecule has 0 radical (unpaired) electrons. The maximum Gasteiger partial charge on any atom is 0.228 e. The molecule has 1 amide bonds. The first-order valence-corrected chi connectivity index (χ1v) is 8.43. The van der Waals surface area contributed by atoms with Crippen molar-refractivity contribution < 1.29 is 14.1 Å². The molecule has 0 spiro atoms. The van der Waals surface area contributed by atoms with Crippen LogP contribution in [0.5, 0.6) is 5.75 Å². The van der Waals surface area contributed by atoms with Gasteiger partial charge in [-0.25, -0.2) is 0 Å². The highest BCUT2D eigenvalue weighted by Crippen LogP contribution is 2.25. The van der Waals surface area contributed by atoms with E-state index in [0.717, 1.165) is 24.4 Å². The molecule has 0 N–H and O–H groups in total. The zero-order valence-corrected chi connectivity index (χ0v) is 14.5. The number of rotatable bonds is 4. The summed E-state index contributed by atoms with van der Waals surface area (Å²) >= 11 is 0. The fraction of sp³-hybridized carbons (Fsp3) is 0.474. The van der Waals surface area contributed by atoms with Crippen molar-refractivity contribution in [3.8, 4) is 17.1 Å². The first kappa shape index (κ1) is 16.6. The minimum Gasteiger partial charge on any atom is -0.497 e. The van der Waals surface area contributed by atoms with Gasteiger partial charge in [0.15, 0.2) is 5.76 Å². The van der Waals surface area contributed by atoms with Crippen molar-refractivity contribution in [2.75, 3.05) is 20.2 Å². The first-order valence-electron chi connectivity index (χ1n) is 8.43. The number of hydrogen-bond acceptors (Lipinski definition) is 4. The average molecular weight is 328 g/mol. The Balaban J connectivity index is 1.68. The van der Waals surface area contributed by atoms with Crippen LogP contribution in [-0.4, -0.2) is 36.2 Å². The molecule has 1 aliphatic rings. The van der Waals surface area contributed by atoms with E-state index in [4.69, 9.17) is 9.26 Å². The van der Waals surface area contributed by atoms with Crippen LogP contribution in [-0.2, 0) is 11.2 Å². The molecule has 1 aliphatic heterocycles. The largest absolute Gasteiger partial charge is 0.497 e. The average Bonchev–Trinajstić information content (AvgIpc) is 3.02. The lowest BCUT2D eigenvalue weighted by atomic mass is 9.91. The Morgan fingerprint density at radius 3 is 2.75 bits per heavy atom. The SMILES string of the molecule is COc1cccc(-c2cc(CC(=O)N3CC(C)CC(C)C3)no2)c1. The van der Waals surface area contributed by atoms with E-state index < -0.39 is 0 Å². The summed E-state index contributed by atoms with van der Waals surface area (Å²) in [7, 11) is 1.63. The van der Waals surface area contributed by atoms with E-state index in [2.05, 4.69) is 19.0 Å². The van der Waals surface area contributed by atoms with Gasteiger partial charge in [-0.2, -0.15) is 0 Å². The Kier molecular flexibility index (Phi) is 4.88. The molecule has 24 heavy (non-hydrogen) atoms. The van der Waals surface area contributed by atoms with E-state index in [0.29, 0.717) is 23.3 Å². The molecule has 0 aliphatic carbocycles. The molecule has 1 fully saturated rings. The molecule has 5 heteroatoms. The van der Waals surface area contributed by atoms with Crippen LogP contribution in [0, 0.1) is 11.8 Å². The van der Waals surface area contributed by atoms with Crippen LogP contribution < -0.4 is 4.74 Å². The van der Waals surface area contributed by atoms with E-state index >= 15 is 0 Å². The number of nitrogens with zero attached hydrogens (tertiary/aromatic N) is 2. The summed E-state index contributed by atoms with van der Waals surface area (Å²) in [6.07, 6.45) is 1.47.